The van der Waals surface area contributed by atoms with Crippen LogP contribution < -0.4 is 0 Å². The van der Waals surface area contributed by atoms with Crippen LogP contribution in [0.25, 0.3) is 0 Å². The molecule has 0 amide bonds. The molecular weight excluding hydrogens is 188 g/mol. The van der Waals surface area contributed by atoms with Gasteiger partial charge in [0, 0.05) is 5.92 Å². The van der Waals surface area contributed by atoms with Crippen LogP contribution in [0.3, 0.4) is 0 Å². The van der Waals surface area contributed by atoms with Crippen LogP contribution in [0.15, 0.2) is 23.9 Å². The highest BCUT2D eigenvalue weighted by Crippen LogP contribution is 2.27. The number of aliphatic hydroxyl groups excluding tert-OH is 1. The van der Waals surface area contributed by atoms with Gasteiger partial charge in [-0.15, -0.1) is 6.58 Å². The zero-order valence-electron chi connectivity index (χ0n) is 9.59. The summed E-state index contributed by atoms with van der Waals surface area (Å²) in [5.41, 5.74) is 0. The first-order chi connectivity index (χ1) is 6.41. The van der Waals surface area contributed by atoms with Crippen molar-refractivity contribution in [1.82, 2.24) is 0 Å². The summed E-state index contributed by atoms with van der Waals surface area (Å²) in [6.07, 6.45) is 7.13. The standard InChI is InChI=1S/C12H22OSi/c1-10(14(2,3)4)9-11-7-5-6-8-12(11)13/h5,7,11-13H,1,6,8-9H2,2-4H3. The Morgan fingerprint density at radius 2 is 2.14 bits per heavy atom. The fraction of sp³-hybridized carbons (Fsp3) is 0.667. The molecule has 0 saturated carbocycles. The Kier molecular flexibility index (Phi) is 3.73. The van der Waals surface area contributed by atoms with Crippen LogP contribution >= 0.6 is 0 Å². The van der Waals surface area contributed by atoms with Gasteiger partial charge < -0.3 is 5.11 Å². The molecule has 0 aliphatic heterocycles. The topological polar surface area (TPSA) is 20.2 Å². The van der Waals surface area contributed by atoms with Gasteiger partial charge in [0.1, 0.15) is 0 Å². The van der Waals surface area contributed by atoms with E-state index in [1.807, 2.05) is 0 Å². The average molecular weight is 210 g/mol. The van der Waals surface area contributed by atoms with E-state index in [0.717, 1.165) is 19.3 Å². The van der Waals surface area contributed by atoms with Gasteiger partial charge in [0.05, 0.1) is 14.2 Å². The number of rotatable bonds is 3. The van der Waals surface area contributed by atoms with Crippen LogP contribution in [0, 0.1) is 5.92 Å². The SMILES string of the molecule is C=C(CC1C=CCCC1O)[Si](C)(C)C. The summed E-state index contributed by atoms with van der Waals surface area (Å²) in [7, 11) is -1.21. The Bertz CT molecular complexity index is 237. The minimum atomic E-state index is -1.21. The summed E-state index contributed by atoms with van der Waals surface area (Å²) in [4.78, 5) is 0. The van der Waals surface area contributed by atoms with Crippen LogP contribution in [-0.4, -0.2) is 19.3 Å². The lowest BCUT2D eigenvalue weighted by molar-refractivity contribution is 0.116. The normalized spacial score (nSPS) is 27.7. The van der Waals surface area contributed by atoms with Crippen molar-refractivity contribution >= 4 is 8.07 Å². The first kappa shape index (κ1) is 11.7. The molecule has 0 aromatic heterocycles. The summed E-state index contributed by atoms with van der Waals surface area (Å²) < 4.78 is 0. The number of hydrogen-bond donors (Lipinski definition) is 1. The van der Waals surface area contributed by atoms with Crippen LogP contribution in [-0.2, 0) is 0 Å². The highest BCUT2D eigenvalue weighted by Gasteiger charge is 2.24. The van der Waals surface area contributed by atoms with Crippen molar-refractivity contribution in [3.8, 4) is 0 Å². The molecule has 14 heavy (non-hydrogen) atoms. The fourth-order valence-corrected chi connectivity index (χ4v) is 2.52. The second kappa shape index (κ2) is 4.45. The van der Waals surface area contributed by atoms with Crippen LogP contribution in [0.4, 0.5) is 0 Å². The molecule has 0 saturated heterocycles. The van der Waals surface area contributed by atoms with Gasteiger partial charge in [0.2, 0.25) is 0 Å². The predicted molar refractivity (Wildman–Crippen MR) is 65.0 cm³/mol. The molecule has 2 unspecified atom stereocenters. The van der Waals surface area contributed by atoms with Crippen molar-refractivity contribution in [2.45, 2.75) is 45.0 Å². The van der Waals surface area contributed by atoms with E-state index < -0.39 is 8.07 Å². The van der Waals surface area contributed by atoms with Gasteiger partial charge in [-0.2, -0.15) is 0 Å². The maximum Gasteiger partial charge on any atom is 0.0716 e. The van der Waals surface area contributed by atoms with E-state index in [1.165, 1.54) is 5.20 Å². The lowest BCUT2D eigenvalue weighted by atomic mass is 9.90. The van der Waals surface area contributed by atoms with Gasteiger partial charge in [0.15, 0.2) is 0 Å². The third-order valence-corrected chi connectivity index (χ3v) is 5.37. The Balaban J connectivity index is 2.55. The number of allylic oxidation sites excluding steroid dienone is 2. The predicted octanol–water partition coefficient (Wildman–Crippen LogP) is 3.14. The van der Waals surface area contributed by atoms with E-state index in [4.69, 9.17) is 0 Å². The lowest BCUT2D eigenvalue weighted by Crippen LogP contribution is -2.29. The van der Waals surface area contributed by atoms with Crippen molar-refractivity contribution in [2.75, 3.05) is 0 Å². The molecule has 2 atom stereocenters. The van der Waals surface area contributed by atoms with Crippen molar-refractivity contribution < 1.29 is 5.11 Å². The van der Waals surface area contributed by atoms with E-state index in [1.54, 1.807) is 0 Å². The number of aliphatic hydroxyl groups is 1. The van der Waals surface area contributed by atoms with Crippen LogP contribution in [0.2, 0.25) is 19.6 Å². The van der Waals surface area contributed by atoms with Gasteiger partial charge in [-0.05, 0) is 19.3 Å². The largest absolute Gasteiger partial charge is 0.392 e. The molecule has 2 heteroatoms. The Labute approximate surface area is 88.5 Å². The average Bonchev–Trinajstić information content (AvgIpc) is 2.07. The van der Waals surface area contributed by atoms with Crippen LogP contribution in [0.1, 0.15) is 19.3 Å². The Morgan fingerprint density at radius 3 is 2.64 bits per heavy atom. The minimum Gasteiger partial charge on any atom is -0.392 e. The molecular formula is C12H22OSi. The Morgan fingerprint density at radius 1 is 1.50 bits per heavy atom. The molecule has 0 spiro atoms. The van der Waals surface area contributed by atoms with E-state index in [2.05, 4.69) is 38.4 Å². The fourth-order valence-electron chi connectivity index (χ4n) is 1.68. The molecule has 1 N–H and O–H groups in total. The zero-order valence-corrected chi connectivity index (χ0v) is 10.6. The summed E-state index contributed by atoms with van der Waals surface area (Å²) in [5, 5.41) is 11.2. The summed E-state index contributed by atoms with van der Waals surface area (Å²) in [5.74, 6) is 0.322. The molecule has 1 aliphatic carbocycles. The zero-order chi connectivity index (χ0) is 10.8. The minimum absolute atomic E-state index is 0.145. The first-order valence-corrected chi connectivity index (χ1v) is 8.94. The lowest BCUT2D eigenvalue weighted by Gasteiger charge is -2.28. The van der Waals surface area contributed by atoms with Crippen molar-refractivity contribution in [3.63, 3.8) is 0 Å². The molecule has 1 aliphatic rings. The summed E-state index contributed by atoms with van der Waals surface area (Å²) in [6, 6.07) is 0. The first-order valence-electron chi connectivity index (χ1n) is 5.44. The van der Waals surface area contributed by atoms with Gasteiger partial charge in [0.25, 0.3) is 0 Å². The Hall–Kier alpha value is -0.343. The van der Waals surface area contributed by atoms with E-state index in [-0.39, 0.29) is 6.10 Å². The maximum absolute atomic E-state index is 9.81. The molecule has 0 radical (unpaired) electrons. The third kappa shape index (κ3) is 3.10. The molecule has 80 valence electrons. The smallest absolute Gasteiger partial charge is 0.0716 e. The molecule has 0 fully saturated rings. The second-order valence-corrected chi connectivity index (χ2v) is 10.5. The van der Waals surface area contributed by atoms with E-state index in [9.17, 15) is 5.11 Å². The number of hydrogen-bond acceptors (Lipinski definition) is 1. The van der Waals surface area contributed by atoms with Crippen molar-refractivity contribution in [1.29, 1.82) is 0 Å². The van der Waals surface area contributed by atoms with Gasteiger partial charge in [-0.1, -0.05) is 37.0 Å². The summed E-state index contributed by atoms with van der Waals surface area (Å²) >= 11 is 0. The quantitative estimate of drug-likeness (QED) is 0.560. The van der Waals surface area contributed by atoms with Crippen LogP contribution in [0.5, 0.6) is 0 Å². The maximum atomic E-state index is 9.81. The second-order valence-electron chi connectivity index (χ2n) is 5.29. The van der Waals surface area contributed by atoms with E-state index in [0.29, 0.717) is 5.92 Å². The highest BCUT2D eigenvalue weighted by molar-refractivity contribution is 6.82. The monoisotopic (exact) mass is 210 g/mol. The van der Waals surface area contributed by atoms with Gasteiger partial charge in [-0.25, -0.2) is 0 Å². The van der Waals surface area contributed by atoms with Crippen molar-refractivity contribution in [3.05, 3.63) is 23.9 Å². The molecule has 0 bridgehead atoms. The highest BCUT2D eigenvalue weighted by atomic mass is 28.3. The van der Waals surface area contributed by atoms with Gasteiger partial charge >= 0.3 is 0 Å². The molecule has 1 nitrogen and oxygen atoms in total. The third-order valence-electron chi connectivity index (χ3n) is 3.05. The van der Waals surface area contributed by atoms with E-state index >= 15 is 0 Å². The molecule has 0 aromatic rings. The molecule has 0 heterocycles. The molecule has 0 aromatic carbocycles. The summed E-state index contributed by atoms with van der Waals surface area (Å²) in [6.45, 7) is 11.1. The molecule has 1 rings (SSSR count). The van der Waals surface area contributed by atoms with Crippen molar-refractivity contribution in [2.24, 2.45) is 5.92 Å². The van der Waals surface area contributed by atoms with Gasteiger partial charge in [-0.3, -0.25) is 0 Å².